The molecule has 2 aromatic rings. The zero-order valence-corrected chi connectivity index (χ0v) is 11.7. The Labute approximate surface area is 108 Å². The maximum absolute atomic E-state index is 6.27. The summed E-state index contributed by atoms with van der Waals surface area (Å²) in [6.45, 7) is 4.19. The van der Waals surface area contributed by atoms with Gasteiger partial charge in [-0.1, -0.05) is 28.1 Å². The largest absolute Gasteiger partial charge is 0.320 e. The van der Waals surface area contributed by atoms with Crippen molar-refractivity contribution in [1.29, 1.82) is 0 Å². The van der Waals surface area contributed by atoms with Gasteiger partial charge in [-0.05, 0) is 48.1 Å². The highest BCUT2D eigenvalue weighted by Gasteiger charge is 2.13. The van der Waals surface area contributed by atoms with Gasteiger partial charge in [-0.25, -0.2) is 0 Å². The summed E-state index contributed by atoms with van der Waals surface area (Å²) in [5.41, 5.74) is 9.93. The Morgan fingerprint density at radius 1 is 1.19 bits per heavy atom. The molecule has 84 valence electrons. The van der Waals surface area contributed by atoms with Crippen LogP contribution in [-0.2, 0) is 0 Å². The minimum absolute atomic E-state index is 0.0168. The predicted molar refractivity (Wildman–Crippen MR) is 74.0 cm³/mol. The van der Waals surface area contributed by atoms with Crippen LogP contribution in [-0.4, -0.2) is 0 Å². The van der Waals surface area contributed by atoms with E-state index in [-0.39, 0.29) is 6.04 Å². The minimum atomic E-state index is -0.0168. The Morgan fingerprint density at radius 3 is 2.50 bits per heavy atom. The van der Waals surface area contributed by atoms with Crippen molar-refractivity contribution in [2.45, 2.75) is 19.9 Å². The summed E-state index contributed by atoms with van der Waals surface area (Å²) in [4.78, 5) is 1.25. The molecule has 1 heterocycles. The first-order valence-electron chi connectivity index (χ1n) is 5.15. The summed E-state index contributed by atoms with van der Waals surface area (Å²) >= 11 is 5.27. The highest BCUT2D eigenvalue weighted by Crippen LogP contribution is 2.29. The standard InChI is InChI=1S/C13H14BrNS/c1-8-3-4-10(7-11(8)14)12(15)13-9(2)5-6-16-13/h3-7,12H,15H2,1-2H3. The molecule has 0 saturated carbocycles. The maximum Gasteiger partial charge on any atom is 0.0649 e. The number of rotatable bonds is 2. The van der Waals surface area contributed by atoms with Crippen LogP contribution in [0.5, 0.6) is 0 Å². The van der Waals surface area contributed by atoms with E-state index in [0.29, 0.717) is 0 Å². The van der Waals surface area contributed by atoms with Crippen LogP contribution in [0.2, 0.25) is 0 Å². The molecule has 0 fully saturated rings. The first-order valence-corrected chi connectivity index (χ1v) is 6.82. The van der Waals surface area contributed by atoms with Crippen LogP contribution in [0.3, 0.4) is 0 Å². The monoisotopic (exact) mass is 295 g/mol. The summed E-state index contributed by atoms with van der Waals surface area (Å²) in [6.07, 6.45) is 0. The molecule has 1 unspecified atom stereocenters. The molecule has 1 nitrogen and oxygen atoms in total. The van der Waals surface area contributed by atoms with Gasteiger partial charge < -0.3 is 5.73 Å². The highest BCUT2D eigenvalue weighted by atomic mass is 79.9. The van der Waals surface area contributed by atoms with Crippen LogP contribution in [0.25, 0.3) is 0 Å². The topological polar surface area (TPSA) is 26.0 Å². The van der Waals surface area contributed by atoms with Gasteiger partial charge in [-0.15, -0.1) is 11.3 Å². The fraction of sp³-hybridized carbons (Fsp3) is 0.231. The highest BCUT2D eigenvalue weighted by molar-refractivity contribution is 9.10. The molecule has 0 amide bonds. The number of aryl methyl sites for hydroxylation is 2. The number of hydrogen-bond donors (Lipinski definition) is 1. The lowest BCUT2D eigenvalue weighted by molar-refractivity contribution is 0.883. The van der Waals surface area contributed by atoms with E-state index in [1.165, 1.54) is 16.0 Å². The maximum atomic E-state index is 6.27. The summed E-state index contributed by atoms with van der Waals surface area (Å²) in [6, 6.07) is 8.41. The van der Waals surface area contributed by atoms with E-state index in [9.17, 15) is 0 Å². The van der Waals surface area contributed by atoms with Gasteiger partial charge in [0.25, 0.3) is 0 Å². The van der Waals surface area contributed by atoms with Gasteiger partial charge >= 0.3 is 0 Å². The van der Waals surface area contributed by atoms with Crippen LogP contribution in [0.1, 0.15) is 27.6 Å². The van der Waals surface area contributed by atoms with Gasteiger partial charge in [-0.2, -0.15) is 0 Å². The Kier molecular flexibility index (Phi) is 3.47. The SMILES string of the molecule is Cc1ccc(C(N)c2sccc2C)cc1Br. The molecule has 0 spiro atoms. The van der Waals surface area contributed by atoms with Crippen molar-refractivity contribution < 1.29 is 0 Å². The first kappa shape index (κ1) is 11.8. The van der Waals surface area contributed by atoms with Crippen LogP contribution in [0.4, 0.5) is 0 Å². The second-order valence-electron chi connectivity index (χ2n) is 3.95. The summed E-state index contributed by atoms with van der Waals surface area (Å²) in [7, 11) is 0. The zero-order valence-electron chi connectivity index (χ0n) is 9.33. The lowest BCUT2D eigenvalue weighted by atomic mass is 10.0. The zero-order chi connectivity index (χ0) is 11.7. The van der Waals surface area contributed by atoms with Crippen molar-refractivity contribution in [3.63, 3.8) is 0 Å². The van der Waals surface area contributed by atoms with E-state index in [2.05, 4.69) is 59.4 Å². The third-order valence-corrected chi connectivity index (χ3v) is 4.70. The summed E-state index contributed by atoms with van der Waals surface area (Å²) in [5.74, 6) is 0. The molecule has 3 heteroatoms. The van der Waals surface area contributed by atoms with Crippen LogP contribution >= 0.6 is 27.3 Å². The molecular formula is C13H14BrNS. The molecule has 1 aromatic heterocycles. The molecule has 0 radical (unpaired) electrons. The molecule has 1 aromatic carbocycles. The van der Waals surface area contributed by atoms with Crippen molar-refractivity contribution in [2.75, 3.05) is 0 Å². The Hall–Kier alpha value is -0.640. The molecule has 0 aliphatic heterocycles. The van der Waals surface area contributed by atoms with E-state index < -0.39 is 0 Å². The molecule has 2 rings (SSSR count). The van der Waals surface area contributed by atoms with E-state index in [4.69, 9.17) is 5.73 Å². The molecule has 1 atom stereocenters. The quantitative estimate of drug-likeness (QED) is 0.884. The van der Waals surface area contributed by atoms with Gasteiger partial charge in [0, 0.05) is 9.35 Å². The first-order chi connectivity index (χ1) is 7.59. The molecule has 0 aliphatic carbocycles. The van der Waals surface area contributed by atoms with Crippen molar-refractivity contribution in [3.05, 3.63) is 55.7 Å². The molecular weight excluding hydrogens is 282 g/mol. The average Bonchev–Trinajstić information content (AvgIpc) is 2.67. The minimum Gasteiger partial charge on any atom is -0.320 e. The van der Waals surface area contributed by atoms with E-state index >= 15 is 0 Å². The number of thiophene rings is 1. The van der Waals surface area contributed by atoms with E-state index in [0.717, 1.165) is 10.0 Å². The van der Waals surface area contributed by atoms with Crippen LogP contribution in [0, 0.1) is 13.8 Å². The van der Waals surface area contributed by atoms with Gasteiger partial charge in [0.15, 0.2) is 0 Å². The van der Waals surface area contributed by atoms with Crippen molar-refractivity contribution in [1.82, 2.24) is 0 Å². The molecule has 0 aliphatic rings. The van der Waals surface area contributed by atoms with Gasteiger partial charge in [-0.3, -0.25) is 0 Å². The second kappa shape index (κ2) is 4.70. The lowest BCUT2D eigenvalue weighted by Crippen LogP contribution is -2.11. The Balaban J connectivity index is 2.38. The molecule has 0 bridgehead atoms. The number of benzene rings is 1. The second-order valence-corrected chi connectivity index (χ2v) is 5.76. The third-order valence-electron chi connectivity index (χ3n) is 2.74. The fourth-order valence-electron chi connectivity index (χ4n) is 1.66. The van der Waals surface area contributed by atoms with Crippen molar-refractivity contribution in [3.8, 4) is 0 Å². The van der Waals surface area contributed by atoms with Gasteiger partial charge in [0.1, 0.15) is 0 Å². The normalized spacial score (nSPS) is 12.8. The van der Waals surface area contributed by atoms with Crippen LogP contribution in [0.15, 0.2) is 34.1 Å². The molecule has 16 heavy (non-hydrogen) atoms. The van der Waals surface area contributed by atoms with Gasteiger partial charge in [0.2, 0.25) is 0 Å². The van der Waals surface area contributed by atoms with E-state index in [1.54, 1.807) is 11.3 Å². The van der Waals surface area contributed by atoms with Crippen LogP contribution < -0.4 is 5.73 Å². The number of nitrogens with two attached hydrogens (primary N) is 1. The van der Waals surface area contributed by atoms with Gasteiger partial charge in [0.05, 0.1) is 6.04 Å². The van der Waals surface area contributed by atoms with Crippen molar-refractivity contribution >= 4 is 27.3 Å². The smallest absolute Gasteiger partial charge is 0.0649 e. The lowest BCUT2D eigenvalue weighted by Gasteiger charge is -2.12. The molecule has 0 saturated heterocycles. The predicted octanol–water partition coefficient (Wildman–Crippen LogP) is 4.18. The average molecular weight is 296 g/mol. The number of halogens is 1. The Morgan fingerprint density at radius 2 is 1.94 bits per heavy atom. The Bertz CT molecular complexity index is 504. The van der Waals surface area contributed by atoms with Crippen molar-refractivity contribution in [2.24, 2.45) is 5.73 Å². The summed E-state index contributed by atoms with van der Waals surface area (Å²) < 4.78 is 1.12. The fourth-order valence-corrected chi connectivity index (χ4v) is 3.01. The summed E-state index contributed by atoms with van der Waals surface area (Å²) in [5, 5.41) is 2.09. The third kappa shape index (κ3) is 2.21. The number of hydrogen-bond acceptors (Lipinski definition) is 2. The van der Waals surface area contributed by atoms with E-state index in [1.807, 2.05) is 0 Å². The molecule has 2 N–H and O–H groups in total.